The van der Waals surface area contributed by atoms with Crippen molar-refractivity contribution in [2.24, 2.45) is 7.05 Å². The number of imidazole rings is 1. The molecular weight excluding hydrogens is 464 g/mol. The van der Waals surface area contributed by atoms with Crippen molar-refractivity contribution < 1.29 is 14.3 Å². The number of nitrogens with one attached hydrogen (secondary N) is 1. The van der Waals surface area contributed by atoms with Gasteiger partial charge in [-0.25, -0.2) is 4.98 Å². The Labute approximate surface area is 209 Å². The summed E-state index contributed by atoms with van der Waals surface area (Å²) < 4.78 is 13.7. The smallest absolute Gasteiger partial charge is 0.208 e. The zero-order valence-electron chi connectivity index (χ0n) is 20.0. The second-order valence-corrected chi connectivity index (χ2v) is 9.70. The van der Waals surface area contributed by atoms with Crippen molar-refractivity contribution in [2.45, 2.75) is 32.1 Å². The molecule has 1 saturated heterocycles. The molecule has 0 radical (unpaired) electrons. The lowest BCUT2D eigenvalue weighted by molar-refractivity contribution is -0.116. The maximum absolute atomic E-state index is 11.4. The zero-order chi connectivity index (χ0) is 24.6. The van der Waals surface area contributed by atoms with Gasteiger partial charge in [-0.3, -0.25) is 9.78 Å². The monoisotopic (exact) mass is 490 g/mol. The van der Waals surface area contributed by atoms with E-state index in [1.165, 1.54) is 0 Å². The number of nitrogens with zero attached hydrogens (tertiary/aromatic N) is 3. The summed E-state index contributed by atoms with van der Waals surface area (Å²) in [4.78, 5) is 20.4. The molecule has 0 aliphatic carbocycles. The fourth-order valence-electron chi connectivity index (χ4n) is 4.44. The Morgan fingerprint density at radius 1 is 1.20 bits per heavy atom. The SMILES string of the molecule is CC(=O)Cc1cc(Oc2ccc3c(c2)nc(Nc2ccc(Cl)c(C4(C)CCOC4)c2)n3C)ccn1. The number of ether oxygens (including phenoxy) is 2. The van der Waals surface area contributed by atoms with Crippen molar-refractivity contribution >= 4 is 40.1 Å². The molecule has 1 unspecified atom stereocenters. The van der Waals surface area contributed by atoms with E-state index in [2.05, 4.69) is 23.3 Å². The number of Topliss-reactive ketones (excluding diaryl/α,β-unsaturated/α-hetero) is 1. The van der Waals surface area contributed by atoms with Gasteiger partial charge < -0.3 is 19.4 Å². The lowest BCUT2D eigenvalue weighted by Crippen LogP contribution is -2.22. The molecule has 1 aliphatic heterocycles. The molecule has 8 heteroatoms. The van der Waals surface area contributed by atoms with Gasteiger partial charge >= 0.3 is 0 Å². The van der Waals surface area contributed by atoms with Crippen molar-refractivity contribution in [2.75, 3.05) is 18.5 Å². The summed E-state index contributed by atoms with van der Waals surface area (Å²) in [5.41, 5.74) is 4.36. The van der Waals surface area contributed by atoms with E-state index in [1.807, 2.05) is 41.9 Å². The Bertz CT molecular complexity index is 1410. The summed E-state index contributed by atoms with van der Waals surface area (Å²) in [5, 5.41) is 4.18. The van der Waals surface area contributed by atoms with Crippen LogP contribution >= 0.6 is 11.6 Å². The topological polar surface area (TPSA) is 78.3 Å². The second kappa shape index (κ2) is 9.32. The molecule has 35 heavy (non-hydrogen) atoms. The molecular formula is C27H27ClN4O3. The van der Waals surface area contributed by atoms with Crippen LogP contribution in [0, 0.1) is 0 Å². The van der Waals surface area contributed by atoms with Crippen LogP contribution < -0.4 is 10.1 Å². The van der Waals surface area contributed by atoms with Crippen LogP contribution in [-0.4, -0.2) is 33.5 Å². The molecule has 0 saturated carbocycles. The molecule has 7 nitrogen and oxygen atoms in total. The van der Waals surface area contributed by atoms with Gasteiger partial charge in [0.05, 0.1) is 23.3 Å². The number of aromatic nitrogens is 3. The van der Waals surface area contributed by atoms with Gasteiger partial charge in [-0.05, 0) is 55.3 Å². The van der Waals surface area contributed by atoms with E-state index in [4.69, 9.17) is 26.1 Å². The molecule has 1 fully saturated rings. The minimum absolute atomic E-state index is 0.0584. The molecule has 2 aromatic carbocycles. The molecule has 0 spiro atoms. The summed E-state index contributed by atoms with van der Waals surface area (Å²) >= 11 is 6.54. The predicted molar refractivity (Wildman–Crippen MR) is 137 cm³/mol. The minimum Gasteiger partial charge on any atom is -0.457 e. The van der Waals surface area contributed by atoms with Crippen molar-refractivity contribution in [1.82, 2.24) is 14.5 Å². The van der Waals surface area contributed by atoms with Gasteiger partial charge in [-0.2, -0.15) is 0 Å². The van der Waals surface area contributed by atoms with Crippen molar-refractivity contribution in [3.63, 3.8) is 0 Å². The number of aryl methyl sites for hydroxylation is 1. The minimum atomic E-state index is -0.0927. The Kier molecular flexibility index (Phi) is 6.21. The number of anilines is 2. The molecule has 1 aliphatic rings. The van der Waals surface area contributed by atoms with Gasteiger partial charge in [0.2, 0.25) is 5.95 Å². The van der Waals surface area contributed by atoms with E-state index >= 15 is 0 Å². The van der Waals surface area contributed by atoms with Crippen LogP contribution in [0.15, 0.2) is 54.7 Å². The number of hydrogen-bond donors (Lipinski definition) is 1. The zero-order valence-corrected chi connectivity index (χ0v) is 20.7. The summed E-state index contributed by atoms with van der Waals surface area (Å²) in [6, 6.07) is 15.3. The Balaban J connectivity index is 1.39. The normalized spacial score (nSPS) is 17.6. The van der Waals surface area contributed by atoms with E-state index in [9.17, 15) is 4.79 Å². The van der Waals surface area contributed by atoms with E-state index in [-0.39, 0.29) is 17.6 Å². The largest absolute Gasteiger partial charge is 0.457 e. The first-order chi connectivity index (χ1) is 16.8. The lowest BCUT2D eigenvalue weighted by Gasteiger charge is -2.24. The number of ketones is 1. The third kappa shape index (κ3) is 4.88. The van der Waals surface area contributed by atoms with Gasteiger partial charge in [0.25, 0.3) is 0 Å². The molecule has 4 aromatic rings. The molecule has 0 amide bonds. The average molecular weight is 491 g/mol. The number of carbonyl (C=O) groups excluding carboxylic acids is 1. The van der Waals surface area contributed by atoms with E-state index in [1.54, 1.807) is 25.3 Å². The fourth-order valence-corrected chi connectivity index (χ4v) is 4.78. The predicted octanol–water partition coefficient (Wildman–Crippen LogP) is 5.97. The Hall–Kier alpha value is -3.42. The van der Waals surface area contributed by atoms with E-state index < -0.39 is 0 Å². The molecule has 2 aromatic heterocycles. The first-order valence-electron chi connectivity index (χ1n) is 11.5. The van der Waals surface area contributed by atoms with Gasteiger partial charge in [-0.15, -0.1) is 0 Å². The quantitative estimate of drug-likeness (QED) is 0.344. The fraction of sp³-hybridized carbons (Fsp3) is 0.296. The van der Waals surface area contributed by atoms with Crippen LogP contribution in [0.25, 0.3) is 11.0 Å². The molecule has 1 atom stereocenters. The average Bonchev–Trinajstić information content (AvgIpc) is 3.39. The first-order valence-corrected chi connectivity index (χ1v) is 11.9. The maximum atomic E-state index is 11.4. The summed E-state index contributed by atoms with van der Waals surface area (Å²) in [6.45, 7) is 5.15. The van der Waals surface area contributed by atoms with Crippen LogP contribution in [0.4, 0.5) is 11.6 Å². The van der Waals surface area contributed by atoms with Crippen molar-refractivity contribution in [1.29, 1.82) is 0 Å². The third-order valence-electron chi connectivity index (χ3n) is 6.40. The highest BCUT2D eigenvalue weighted by atomic mass is 35.5. The molecule has 3 heterocycles. The van der Waals surface area contributed by atoms with Crippen molar-refractivity contribution in [3.8, 4) is 11.5 Å². The molecule has 0 bridgehead atoms. The third-order valence-corrected chi connectivity index (χ3v) is 6.73. The number of fused-ring (bicyclic) bond motifs is 1. The van der Waals surface area contributed by atoms with Crippen molar-refractivity contribution in [3.05, 3.63) is 71.0 Å². The molecule has 1 N–H and O–H groups in total. The van der Waals surface area contributed by atoms with Gasteiger partial charge in [0.15, 0.2) is 0 Å². The van der Waals surface area contributed by atoms with E-state index in [0.717, 1.165) is 40.3 Å². The van der Waals surface area contributed by atoms with Crippen LogP contribution in [-0.2, 0) is 28.4 Å². The standard InChI is InChI=1S/C27H27ClN4O3/c1-17(33)12-19-13-21(8-10-29-19)35-20-5-7-25-24(15-20)31-26(32(25)3)30-18-4-6-23(28)22(14-18)27(2)9-11-34-16-27/h4-8,10,13-15H,9,11-12,16H2,1-3H3,(H,30,31). The summed E-state index contributed by atoms with van der Waals surface area (Å²) in [7, 11) is 1.97. The summed E-state index contributed by atoms with van der Waals surface area (Å²) in [5.74, 6) is 2.06. The number of benzene rings is 2. The van der Waals surface area contributed by atoms with Crippen LogP contribution in [0.2, 0.25) is 5.02 Å². The number of carbonyl (C=O) groups is 1. The van der Waals surface area contributed by atoms with Gasteiger partial charge in [-0.1, -0.05) is 18.5 Å². The van der Waals surface area contributed by atoms with Gasteiger partial charge in [0, 0.05) is 54.5 Å². The molecule has 180 valence electrons. The number of halogens is 1. The first kappa shape index (κ1) is 23.3. The van der Waals surface area contributed by atoms with Crippen LogP contribution in [0.1, 0.15) is 31.5 Å². The number of hydrogen-bond acceptors (Lipinski definition) is 6. The Morgan fingerprint density at radius 3 is 2.80 bits per heavy atom. The number of pyridine rings is 1. The molecule has 5 rings (SSSR count). The lowest BCUT2D eigenvalue weighted by atomic mass is 9.82. The summed E-state index contributed by atoms with van der Waals surface area (Å²) in [6.07, 6.45) is 2.87. The second-order valence-electron chi connectivity index (χ2n) is 9.29. The van der Waals surface area contributed by atoms with E-state index in [0.29, 0.717) is 29.7 Å². The van der Waals surface area contributed by atoms with Crippen LogP contribution in [0.3, 0.4) is 0 Å². The van der Waals surface area contributed by atoms with Gasteiger partial charge in [0.1, 0.15) is 17.3 Å². The maximum Gasteiger partial charge on any atom is 0.208 e. The highest BCUT2D eigenvalue weighted by Crippen LogP contribution is 2.38. The van der Waals surface area contributed by atoms with Crippen LogP contribution in [0.5, 0.6) is 11.5 Å². The Morgan fingerprint density at radius 2 is 2.03 bits per heavy atom. The number of rotatable bonds is 7. The highest BCUT2D eigenvalue weighted by Gasteiger charge is 2.33. The highest BCUT2D eigenvalue weighted by molar-refractivity contribution is 6.31.